The van der Waals surface area contributed by atoms with Gasteiger partial charge in [0.25, 0.3) is 0 Å². The van der Waals surface area contributed by atoms with Crippen molar-refractivity contribution in [1.29, 1.82) is 0 Å². The van der Waals surface area contributed by atoms with Crippen molar-refractivity contribution >= 4 is 5.69 Å². The Morgan fingerprint density at radius 2 is 2.00 bits per heavy atom. The van der Waals surface area contributed by atoms with E-state index in [1.165, 1.54) is 36.1 Å². The molecule has 0 atom stereocenters. The van der Waals surface area contributed by atoms with Crippen LogP contribution in [0.2, 0.25) is 0 Å². The van der Waals surface area contributed by atoms with Crippen LogP contribution in [-0.2, 0) is 0 Å². The number of nitrogens with zero attached hydrogens (tertiary/aromatic N) is 3. The first kappa shape index (κ1) is 14.6. The van der Waals surface area contributed by atoms with Crippen LogP contribution >= 0.6 is 0 Å². The fourth-order valence-electron chi connectivity index (χ4n) is 3.39. The maximum absolute atomic E-state index is 5.01. The zero-order valence-electron chi connectivity index (χ0n) is 13.8. The van der Waals surface area contributed by atoms with Gasteiger partial charge in [0.15, 0.2) is 0 Å². The van der Waals surface area contributed by atoms with E-state index in [1.807, 2.05) is 0 Å². The highest BCUT2D eigenvalue weighted by atomic mass is 15.2. The third-order valence-electron chi connectivity index (χ3n) is 5.01. The Morgan fingerprint density at radius 1 is 1.17 bits per heavy atom. The summed E-state index contributed by atoms with van der Waals surface area (Å²) in [6.07, 6.45) is 5.84. The number of rotatable bonds is 3. The molecule has 0 amide bonds. The number of aromatic nitrogens is 2. The van der Waals surface area contributed by atoms with Gasteiger partial charge in [-0.3, -0.25) is 0 Å². The monoisotopic (exact) mass is 308 g/mol. The molecular formula is C19H24N4. The lowest BCUT2D eigenvalue weighted by atomic mass is 9.84. The van der Waals surface area contributed by atoms with Crippen molar-refractivity contribution in [2.45, 2.75) is 32.1 Å². The summed E-state index contributed by atoms with van der Waals surface area (Å²) >= 11 is 0. The molecule has 2 heterocycles. The van der Waals surface area contributed by atoms with E-state index in [-0.39, 0.29) is 0 Å². The van der Waals surface area contributed by atoms with Crippen LogP contribution in [0.3, 0.4) is 0 Å². The molecule has 2 fully saturated rings. The standard InChI is InChI=1S/C19H24N4/c1-14-4-2-7-16(12-14)18-17(23-10-8-20-9-11-23)13-21-19(22-18)15-5-3-6-15/h2,4,7,12-13,15,20H,3,5-6,8-11H2,1H3. The van der Waals surface area contributed by atoms with Crippen LogP contribution in [-0.4, -0.2) is 36.1 Å². The Kier molecular flexibility index (Phi) is 4.00. The summed E-state index contributed by atoms with van der Waals surface area (Å²) in [7, 11) is 0. The van der Waals surface area contributed by atoms with Crippen LogP contribution < -0.4 is 10.2 Å². The highest BCUT2D eigenvalue weighted by molar-refractivity contribution is 5.75. The molecule has 0 radical (unpaired) electrons. The van der Waals surface area contributed by atoms with Gasteiger partial charge >= 0.3 is 0 Å². The van der Waals surface area contributed by atoms with Gasteiger partial charge in [-0.15, -0.1) is 0 Å². The van der Waals surface area contributed by atoms with Crippen LogP contribution in [0.15, 0.2) is 30.5 Å². The summed E-state index contributed by atoms with van der Waals surface area (Å²) in [5.74, 6) is 1.60. The first-order valence-corrected chi connectivity index (χ1v) is 8.71. The maximum atomic E-state index is 5.01. The molecule has 2 aliphatic rings. The summed E-state index contributed by atoms with van der Waals surface area (Å²) < 4.78 is 0. The van der Waals surface area contributed by atoms with Crippen molar-refractivity contribution in [3.8, 4) is 11.3 Å². The third kappa shape index (κ3) is 2.95. The Hall–Kier alpha value is -1.94. The van der Waals surface area contributed by atoms with Crippen molar-refractivity contribution in [1.82, 2.24) is 15.3 Å². The van der Waals surface area contributed by atoms with E-state index in [4.69, 9.17) is 9.97 Å². The lowest BCUT2D eigenvalue weighted by Crippen LogP contribution is -2.43. The van der Waals surface area contributed by atoms with Gasteiger partial charge in [0.05, 0.1) is 17.6 Å². The summed E-state index contributed by atoms with van der Waals surface area (Å²) in [5.41, 5.74) is 4.77. The number of nitrogens with one attached hydrogen (secondary N) is 1. The maximum Gasteiger partial charge on any atom is 0.132 e. The van der Waals surface area contributed by atoms with Gasteiger partial charge in [-0.05, 0) is 25.8 Å². The lowest BCUT2D eigenvalue weighted by molar-refractivity contribution is 0.401. The number of hydrogen-bond donors (Lipinski definition) is 1. The van der Waals surface area contributed by atoms with E-state index in [9.17, 15) is 0 Å². The first-order chi connectivity index (χ1) is 11.3. The molecule has 4 heteroatoms. The van der Waals surface area contributed by atoms with E-state index >= 15 is 0 Å². The second kappa shape index (κ2) is 6.28. The molecule has 1 aliphatic heterocycles. The fourth-order valence-corrected chi connectivity index (χ4v) is 3.39. The molecule has 1 N–H and O–H groups in total. The Balaban J connectivity index is 1.77. The van der Waals surface area contributed by atoms with Crippen LogP contribution in [0.25, 0.3) is 11.3 Å². The Bertz CT molecular complexity index is 688. The molecule has 0 spiro atoms. The molecule has 4 rings (SSSR count). The van der Waals surface area contributed by atoms with Gasteiger partial charge in [-0.2, -0.15) is 0 Å². The normalized spacial score (nSPS) is 18.7. The average Bonchev–Trinajstić information content (AvgIpc) is 2.54. The molecule has 1 aromatic heterocycles. The number of aryl methyl sites for hydroxylation is 1. The number of benzene rings is 1. The molecule has 4 nitrogen and oxygen atoms in total. The predicted molar refractivity (Wildman–Crippen MR) is 93.9 cm³/mol. The molecule has 2 aromatic rings. The summed E-state index contributed by atoms with van der Waals surface area (Å²) in [6.45, 7) is 6.23. The first-order valence-electron chi connectivity index (χ1n) is 8.71. The average molecular weight is 308 g/mol. The van der Waals surface area contributed by atoms with Crippen LogP contribution in [0, 0.1) is 6.92 Å². The zero-order chi connectivity index (χ0) is 15.6. The minimum absolute atomic E-state index is 0.565. The molecular weight excluding hydrogens is 284 g/mol. The van der Waals surface area contributed by atoms with Gasteiger partial charge in [0.1, 0.15) is 5.82 Å². The highest BCUT2D eigenvalue weighted by Gasteiger charge is 2.25. The lowest BCUT2D eigenvalue weighted by Gasteiger charge is -2.31. The Labute approximate surface area is 138 Å². The van der Waals surface area contributed by atoms with Crippen LogP contribution in [0.1, 0.15) is 36.6 Å². The van der Waals surface area contributed by atoms with Crippen molar-refractivity contribution in [3.63, 3.8) is 0 Å². The number of anilines is 1. The second-order valence-corrected chi connectivity index (χ2v) is 6.70. The molecule has 1 aromatic carbocycles. The van der Waals surface area contributed by atoms with Gasteiger partial charge in [0, 0.05) is 37.7 Å². The quantitative estimate of drug-likeness (QED) is 0.946. The molecule has 0 bridgehead atoms. The molecule has 0 unspecified atom stereocenters. The van der Waals surface area contributed by atoms with E-state index < -0.39 is 0 Å². The second-order valence-electron chi connectivity index (χ2n) is 6.70. The molecule has 1 saturated carbocycles. The smallest absolute Gasteiger partial charge is 0.132 e. The van der Waals surface area contributed by atoms with Gasteiger partial charge < -0.3 is 10.2 Å². The highest BCUT2D eigenvalue weighted by Crippen LogP contribution is 2.37. The predicted octanol–water partition coefficient (Wildman–Crippen LogP) is 3.13. The number of piperazine rings is 1. The summed E-state index contributed by atoms with van der Waals surface area (Å²) in [5, 5.41) is 3.42. The summed E-state index contributed by atoms with van der Waals surface area (Å²) in [4.78, 5) is 12.1. The topological polar surface area (TPSA) is 41.1 Å². The van der Waals surface area contributed by atoms with Crippen molar-refractivity contribution in [2.24, 2.45) is 0 Å². The largest absolute Gasteiger partial charge is 0.366 e. The minimum atomic E-state index is 0.565. The van der Waals surface area contributed by atoms with E-state index in [2.05, 4.69) is 47.6 Å². The molecule has 23 heavy (non-hydrogen) atoms. The van der Waals surface area contributed by atoms with Crippen molar-refractivity contribution in [2.75, 3.05) is 31.1 Å². The van der Waals surface area contributed by atoms with Gasteiger partial charge in [-0.25, -0.2) is 9.97 Å². The SMILES string of the molecule is Cc1cccc(-c2nc(C3CCC3)ncc2N2CCNCC2)c1. The van der Waals surface area contributed by atoms with Gasteiger partial charge in [-0.1, -0.05) is 30.2 Å². The number of hydrogen-bond acceptors (Lipinski definition) is 4. The molecule has 1 aliphatic carbocycles. The van der Waals surface area contributed by atoms with Crippen LogP contribution in [0.5, 0.6) is 0 Å². The fraction of sp³-hybridized carbons (Fsp3) is 0.474. The van der Waals surface area contributed by atoms with Crippen molar-refractivity contribution < 1.29 is 0 Å². The third-order valence-corrected chi connectivity index (χ3v) is 5.01. The molecule has 120 valence electrons. The van der Waals surface area contributed by atoms with Gasteiger partial charge in [0.2, 0.25) is 0 Å². The summed E-state index contributed by atoms with van der Waals surface area (Å²) in [6, 6.07) is 8.67. The Morgan fingerprint density at radius 3 is 2.70 bits per heavy atom. The van der Waals surface area contributed by atoms with Crippen LogP contribution in [0.4, 0.5) is 5.69 Å². The van der Waals surface area contributed by atoms with Crippen molar-refractivity contribution in [3.05, 3.63) is 41.9 Å². The van der Waals surface area contributed by atoms with E-state index in [1.54, 1.807) is 0 Å². The van der Waals surface area contributed by atoms with E-state index in [0.717, 1.165) is 37.7 Å². The zero-order valence-corrected chi connectivity index (χ0v) is 13.8. The minimum Gasteiger partial charge on any atom is -0.366 e. The molecule has 1 saturated heterocycles. The van der Waals surface area contributed by atoms with E-state index in [0.29, 0.717) is 5.92 Å².